The first-order valence-electron chi connectivity index (χ1n) is 7.22. The molecule has 0 aromatic heterocycles. The Hall–Kier alpha value is 0.220. The average Bonchev–Trinajstić information content (AvgIpc) is 2.40. The minimum Gasteiger partial charge on any atom is -0.359 e. The Morgan fingerprint density at radius 1 is 1.20 bits per heavy atom. The maximum Gasteiger partial charge on any atom is 0.281 e. The molecule has 0 saturated heterocycles. The predicted molar refractivity (Wildman–Crippen MR) is 91.0 cm³/mol. The highest BCUT2D eigenvalue weighted by atomic mass is 32.5. The van der Waals surface area contributed by atoms with Crippen LogP contribution in [0.2, 0.25) is 0 Å². The molecule has 0 aromatic rings. The lowest BCUT2D eigenvalue weighted by atomic mass is 9.96. The van der Waals surface area contributed by atoms with Gasteiger partial charge in [0.15, 0.2) is 5.11 Å². The van der Waals surface area contributed by atoms with E-state index in [2.05, 4.69) is 10.7 Å². The van der Waals surface area contributed by atoms with Crippen LogP contribution in [0.1, 0.15) is 46.0 Å². The maximum atomic E-state index is 5.60. The molecule has 0 unspecified atom stereocenters. The topological polar surface area (TPSA) is 45.8 Å². The van der Waals surface area contributed by atoms with Gasteiger partial charge in [0.2, 0.25) is 0 Å². The third-order valence-electron chi connectivity index (χ3n) is 3.16. The zero-order valence-electron chi connectivity index (χ0n) is 12.6. The van der Waals surface area contributed by atoms with Gasteiger partial charge >= 0.3 is 0 Å². The minimum absolute atomic E-state index is 0.467. The normalized spacial score (nSPS) is 17.2. The smallest absolute Gasteiger partial charge is 0.281 e. The third kappa shape index (κ3) is 5.92. The molecule has 0 aromatic carbocycles. The Morgan fingerprint density at radius 3 is 2.25 bits per heavy atom. The molecule has 1 rings (SSSR count). The summed E-state index contributed by atoms with van der Waals surface area (Å²) in [6, 6.07) is 0.467. The van der Waals surface area contributed by atoms with Gasteiger partial charge in [-0.25, -0.2) is 0 Å². The van der Waals surface area contributed by atoms with Crippen LogP contribution in [0, 0.1) is 0 Å². The summed E-state index contributed by atoms with van der Waals surface area (Å²) in [5.41, 5.74) is 3.09. The van der Waals surface area contributed by atoms with Crippen LogP contribution in [0.15, 0.2) is 0 Å². The number of hydrogen-bond donors (Lipinski definition) is 2. The van der Waals surface area contributed by atoms with Crippen molar-refractivity contribution in [2.75, 3.05) is 20.3 Å². The molecular formula is C12H26N3O2PS2. The summed E-state index contributed by atoms with van der Waals surface area (Å²) < 4.78 is 12.9. The van der Waals surface area contributed by atoms with Crippen molar-refractivity contribution >= 4 is 35.8 Å². The molecule has 0 spiro atoms. The van der Waals surface area contributed by atoms with E-state index in [-0.39, 0.29) is 0 Å². The zero-order chi connectivity index (χ0) is 15.0. The fraction of sp³-hybridized carbons (Fsp3) is 0.917. The lowest BCUT2D eigenvalue weighted by molar-refractivity contribution is 0.216. The van der Waals surface area contributed by atoms with E-state index in [1.54, 1.807) is 4.78 Å². The molecule has 0 aliphatic heterocycles. The summed E-state index contributed by atoms with van der Waals surface area (Å²) in [5, 5.41) is 3.94. The maximum absolute atomic E-state index is 5.60. The van der Waals surface area contributed by atoms with Crippen molar-refractivity contribution in [3.05, 3.63) is 0 Å². The fourth-order valence-corrected chi connectivity index (χ4v) is 4.63. The molecule has 8 heteroatoms. The van der Waals surface area contributed by atoms with Gasteiger partial charge in [0.05, 0.1) is 13.2 Å². The number of nitrogens with zero attached hydrogens (tertiary/aromatic N) is 1. The van der Waals surface area contributed by atoms with Crippen LogP contribution in [0.25, 0.3) is 0 Å². The van der Waals surface area contributed by atoms with Crippen molar-refractivity contribution in [2.24, 2.45) is 0 Å². The molecule has 5 nitrogen and oxygen atoms in total. The molecule has 1 saturated carbocycles. The predicted octanol–water partition coefficient (Wildman–Crippen LogP) is 2.93. The molecule has 0 heterocycles. The Labute approximate surface area is 133 Å². The Bertz CT molecular complexity index is 342. The summed E-state index contributed by atoms with van der Waals surface area (Å²) in [7, 11) is 1.82. The molecule has 0 radical (unpaired) electrons. The molecule has 1 aliphatic rings. The van der Waals surface area contributed by atoms with Gasteiger partial charge in [-0.3, -0.25) is 5.43 Å². The Balaban J connectivity index is 2.47. The first-order valence-corrected chi connectivity index (χ1v) is 10.2. The SMILES string of the molecule is CCOP(=S)(OCC)N(C)NC(=S)NC1CCCCC1. The van der Waals surface area contributed by atoms with Crippen molar-refractivity contribution in [3.63, 3.8) is 0 Å². The van der Waals surface area contributed by atoms with Gasteiger partial charge < -0.3 is 14.4 Å². The van der Waals surface area contributed by atoms with Crippen LogP contribution in [-0.4, -0.2) is 36.2 Å². The second-order valence-electron chi connectivity index (χ2n) is 4.75. The van der Waals surface area contributed by atoms with E-state index in [1.165, 1.54) is 32.1 Å². The van der Waals surface area contributed by atoms with Gasteiger partial charge in [0.25, 0.3) is 6.64 Å². The summed E-state index contributed by atoms with van der Waals surface area (Å²) in [4.78, 5) is 0. The van der Waals surface area contributed by atoms with Crippen molar-refractivity contribution < 1.29 is 9.05 Å². The highest BCUT2D eigenvalue weighted by molar-refractivity contribution is 8.08. The van der Waals surface area contributed by atoms with Crippen LogP contribution < -0.4 is 10.7 Å². The van der Waals surface area contributed by atoms with Gasteiger partial charge in [-0.2, -0.15) is 0 Å². The van der Waals surface area contributed by atoms with E-state index in [9.17, 15) is 0 Å². The van der Waals surface area contributed by atoms with Gasteiger partial charge in [-0.05, 0) is 50.7 Å². The molecule has 20 heavy (non-hydrogen) atoms. The van der Waals surface area contributed by atoms with Crippen LogP contribution >= 0.6 is 18.9 Å². The highest BCUT2D eigenvalue weighted by Gasteiger charge is 2.25. The number of hydrogen-bond acceptors (Lipinski definition) is 4. The zero-order valence-corrected chi connectivity index (χ0v) is 15.1. The molecule has 2 N–H and O–H groups in total. The summed E-state index contributed by atoms with van der Waals surface area (Å²) >= 11 is 10.8. The van der Waals surface area contributed by atoms with E-state index in [0.717, 1.165) is 0 Å². The van der Waals surface area contributed by atoms with Crippen LogP contribution in [-0.2, 0) is 20.9 Å². The van der Waals surface area contributed by atoms with Crippen LogP contribution in [0.5, 0.6) is 0 Å². The standard InChI is InChI=1S/C12H26N3O2PS2/c1-4-16-18(20,17-5-2)15(3)14-12(19)13-11-9-7-6-8-10-11/h11H,4-10H2,1-3H3,(H2,13,14,19). The second kappa shape index (κ2) is 9.28. The van der Waals surface area contributed by atoms with Gasteiger partial charge in [0, 0.05) is 13.1 Å². The molecular weight excluding hydrogens is 313 g/mol. The lowest BCUT2D eigenvalue weighted by Crippen LogP contribution is -2.48. The average molecular weight is 339 g/mol. The van der Waals surface area contributed by atoms with Crippen molar-refractivity contribution in [2.45, 2.75) is 52.0 Å². The molecule has 1 fully saturated rings. The summed E-state index contributed by atoms with van der Waals surface area (Å²) in [6.45, 7) is 2.37. The molecule has 0 amide bonds. The van der Waals surface area contributed by atoms with Crippen LogP contribution in [0.4, 0.5) is 0 Å². The largest absolute Gasteiger partial charge is 0.359 e. The molecule has 1 aliphatic carbocycles. The fourth-order valence-electron chi connectivity index (χ4n) is 2.21. The van der Waals surface area contributed by atoms with Gasteiger partial charge in [0.1, 0.15) is 0 Å². The number of thiocarbonyl (C=S) groups is 1. The van der Waals surface area contributed by atoms with Gasteiger partial charge in [-0.1, -0.05) is 19.3 Å². The first-order chi connectivity index (χ1) is 9.51. The Kier molecular flexibility index (Phi) is 8.48. The first kappa shape index (κ1) is 18.3. The van der Waals surface area contributed by atoms with E-state index in [4.69, 9.17) is 33.1 Å². The molecule has 118 valence electrons. The summed E-state index contributed by atoms with van der Waals surface area (Å²) in [5.74, 6) is 0. The Morgan fingerprint density at radius 2 is 1.75 bits per heavy atom. The quantitative estimate of drug-likeness (QED) is 0.420. The van der Waals surface area contributed by atoms with Crippen molar-refractivity contribution in [3.8, 4) is 0 Å². The monoisotopic (exact) mass is 339 g/mol. The third-order valence-corrected chi connectivity index (χ3v) is 6.74. The summed E-state index contributed by atoms with van der Waals surface area (Å²) in [6.07, 6.45) is 6.22. The van der Waals surface area contributed by atoms with Gasteiger partial charge in [-0.15, -0.1) is 4.78 Å². The van der Waals surface area contributed by atoms with E-state index >= 15 is 0 Å². The number of nitrogens with one attached hydrogen (secondary N) is 2. The van der Waals surface area contributed by atoms with E-state index < -0.39 is 6.64 Å². The number of hydrazine groups is 1. The second-order valence-corrected chi connectivity index (χ2v) is 8.59. The van der Waals surface area contributed by atoms with E-state index in [1.807, 2.05) is 20.9 Å². The molecule has 0 bridgehead atoms. The van der Waals surface area contributed by atoms with Crippen molar-refractivity contribution in [1.82, 2.24) is 15.5 Å². The molecule has 0 atom stereocenters. The highest BCUT2D eigenvalue weighted by Crippen LogP contribution is 2.49. The van der Waals surface area contributed by atoms with E-state index in [0.29, 0.717) is 24.4 Å². The minimum atomic E-state index is -2.49. The van der Waals surface area contributed by atoms with Crippen molar-refractivity contribution in [1.29, 1.82) is 0 Å². The lowest BCUT2D eigenvalue weighted by Gasteiger charge is -2.32. The number of rotatable bonds is 7. The van der Waals surface area contributed by atoms with Crippen LogP contribution in [0.3, 0.4) is 0 Å².